The Labute approximate surface area is 109 Å². The Bertz CT molecular complexity index is 174. The number of rotatable bonds is 10. The highest BCUT2D eigenvalue weighted by Crippen LogP contribution is 2.27. The van der Waals surface area contributed by atoms with Crippen molar-refractivity contribution < 1.29 is 0 Å². The van der Waals surface area contributed by atoms with E-state index in [0.717, 1.165) is 12.8 Å². The molecular weight excluding hydrogens is 208 g/mol. The van der Waals surface area contributed by atoms with Gasteiger partial charge < -0.3 is 10.6 Å². The summed E-state index contributed by atoms with van der Waals surface area (Å²) in [4.78, 5) is 2.34. The van der Waals surface area contributed by atoms with Crippen LogP contribution in [0.1, 0.15) is 72.1 Å². The predicted molar refractivity (Wildman–Crippen MR) is 78.4 cm³/mol. The third-order valence-corrected chi connectivity index (χ3v) is 4.42. The van der Waals surface area contributed by atoms with Gasteiger partial charge in [0.1, 0.15) is 0 Å². The minimum Gasteiger partial charge on any atom is -0.326 e. The van der Waals surface area contributed by atoms with Gasteiger partial charge in [0.25, 0.3) is 0 Å². The molecule has 0 aliphatic carbocycles. The number of likely N-dealkylation sites (N-methyl/N-ethyl adjacent to an activating group) is 1. The van der Waals surface area contributed by atoms with Crippen molar-refractivity contribution in [3.8, 4) is 0 Å². The number of nitrogens with zero attached hydrogens (tertiary/aromatic N) is 1. The Kier molecular flexibility index (Phi) is 8.89. The maximum atomic E-state index is 6.45. The third kappa shape index (κ3) is 4.97. The molecule has 0 saturated heterocycles. The van der Waals surface area contributed by atoms with Crippen molar-refractivity contribution in [2.24, 2.45) is 5.73 Å². The molecule has 2 heteroatoms. The number of hydrogen-bond donors (Lipinski definition) is 1. The summed E-state index contributed by atoms with van der Waals surface area (Å²) in [5.41, 5.74) is 6.65. The summed E-state index contributed by atoms with van der Waals surface area (Å²) in [5, 5.41) is 0. The maximum absolute atomic E-state index is 6.45. The highest BCUT2D eigenvalue weighted by Gasteiger charge is 2.34. The van der Waals surface area contributed by atoms with Crippen LogP contribution in [0.3, 0.4) is 0 Å². The van der Waals surface area contributed by atoms with Crippen LogP contribution in [0, 0.1) is 0 Å². The summed E-state index contributed by atoms with van der Waals surface area (Å²) in [6, 6.07) is 0.314. The lowest BCUT2D eigenvalue weighted by Gasteiger charge is -2.43. The molecule has 104 valence electrons. The van der Waals surface area contributed by atoms with Gasteiger partial charge in [0.15, 0.2) is 0 Å². The number of unbranched alkanes of at least 4 members (excludes halogenated alkanes) is 4. The Morgan fingerprint density at radius 2 is 1.47 bits per heavy atom. The van der Waals surface area contributed by atoms with Crippen molar-refractivity contribution in [3.63, 3.8) is 0 Å². The van der Waals surface area contributed by atoms with Crippen LogP contribution < -0.4 is 5.73 Å². The van der Waals surface area contributed by atoms with Crippen LogP contribution in [0.5, 0.6) is 0 Å². The van der Waals surface area contributed by atoms with E-state index in [2.05, 4.69) is 39.8 Å². The van der Waals surface area contributed by atoms with Crippen LogP contribution in [0.4, 0.5) is 0 Å². The molecule has 2 N–H and O–H groups in total. The SMILES string of the molecule is CCCCCCCC(N)C(CC)(CC)N(C)C. The van der Waals surface area contributed by atoms with E-state index in [1.807, 2.05) is 0 Å². The second kappa shape index (κ2) is 8.93. The van der Waals surface area contributed by atoms with Crippen LogP contribution in [0.15, 0.2) is 0 Å². The van der Waals surface area contributed by atoms with Gasteiger partial charge in [0.2, 0.25) is 0 Å². The first kappa shape index (κ1) is 16.9. The molecule has 17 heavy (non-hydrogen) atoms. The lowest BCUT2D eigenvalue weighted by molar-refractivity contribution is 0.100. The molecule has 0 spiro atoms. The standard InChI is InChI=1S/C15H34N2/c1-6-9-10-11-12-13-14(16)15(7-2,8-3)17(4)5/h14H,6-13,16H2,1-5H3. The second-order valence-corrected chi connectivity index (χ2v) is 5.51. The molecule has 0 aromatic heterocycles. The topological polar surface area (TPSA) is 29.3 Å². The van der Waals surface area contributed by atoms with Crippen molar-refractivity contribution >= 4 is 0 Å². The third-order valence-electron chi connectivity index (χ3n) is 4.42. The van der Waals surface area contributed by atoms with Crippen molar-refractivity contribution in [3.05, 3.63) is 0 Å². The van der Waals surface area contributed by atoms with Gasteiger partial charge in [-0.2, -0.15) is 0 Å². The molecule has 0 radical (unpaired) electrons. The smallest absolute Gasteiger partial charge is 0.0349 e. The molecule has 0 amide bonds. The molecule has 1 atom stereocenters. The van der Waals surface area contributed by atoms with Crippen molar-refractivity contribution in [2.45, 2.75) is 83.7 Å². The van der Waals surface area contributed by atoms with Crippen LogP contribution in [-0.2, 0) is 0 Å². The van der Waals surface area contributed by atoms with Crippen molar-refractivity contribution in [1.29, 1.82) is 0 Å². The summed E-state index contributed by atoms with van der Waals surface area (Å²) in [7, 11) is 4.34. The quantitative estimate of drug-likeness (QED) is 0.591. The van der Waals surface area contributed by atoms with Crippen LogP contribution in [0.25, 0.3) is 0 Å². The molecule has 1 unspecified atom stereocenters. The van der Waals surface area contributed by atoms with Crippen LogP contribution in [0.2, 0.25) is 0 Å². The zero-order chi connectivity index (χ0) is 13.3. The zero-order valence-electron chi connectivity index (χ0n) is 12.8. The second-order valence-electron chi connectivity index (χ2n) is 5.51. The van der Waals surface area contributed by atoms with E-state index in [1.165, 1.54) is 38.5 Å². The molecule has 0 saturated carbocycles. The van der Waals surface area contributed by atoms with E-state index in [0.29, 0.717) is 6.04 Å². The number of hydrogen-bond acceptors (Lipinski definition) is 2. The summed E-state index contributed by atoms with van der Waals surface area (Å²) in [6.07, 6.45) is 10.2. The monoisotopic (exact) mass is 242 g/mol. The molecule has 0 heterocycles. The Balaban J connectivity index is 4.11. The normalized spacial score (nSPS) is 14.3. The number of nitrogens with two attached hydrogens (primary N) is 1. The molecule has 0 rings (SSSR count). The predicted octanol–water partition coefficient (Wildman–Crippen LogP) is 3.79. The first-order valence-corrected chi connectivity index (χ1v) is 7.48. The van der Waals surface area contributed by atoms with Gasteiger partial charge >= 0.3 is 0 Å². The summed E-state index contributed by atoms with van der Waals surface area (Å²) in [6.45, 7) is 6.79. The largest absolute Gasteiger partial charge is 0.326 e. The van der Waals surface area contributed by atoms with Gasteiger partial charge in [0.05, 0.1) is 0 Å². The molecular formula is C15H34N2. The fourth-order valence-corrected chi connectivity index (χ4v) is 2.97. The van der Waals surface area contributed by atoms with E-state index >= 15 is 0 Å². The molecule has 0 aromatic rings. The van der Waals surface area contributed by atoms with Gasteiger partial charge in [-0.15, -0.1) is 0 Å². The van der Waals surface area contributed by atoms with Gasteiger partial charge in [-0.25, -0.2) is 0 Å². The van der Waals surface area contributed by atoms with Crippen molar-refractivity contribution in [2.75, 3.05) is 14.1 Å². The highest BCUT2D eigenvalue weighted by molar-refractivity contribution is 4.95. The van der Waals surface area contributed by atoms with E-state index in [9.17, 15) is 0 Å². The van der Waals surface area contributed by atoms with Gasteiger partial charge in [-0.3, -0.25) is 0 Å². The Hall–Kier alpha value is -0.0800. The average molecular weight is 242 g/mol. The van der Waals surface area contributed by atoms with E-state index in [4.69, 9.17) is 5.73 Å². The van der Waals surface area contributed by atoms with E-state index in [1.54, 1.807) is 0 Å². The van der Waals surface area contributed by atoms with Crippen LogP contribution in [-0.4, -0.2) is 30.6 Å². The first-order valence-electron chi connectivity index (χ1n) is 7.48. The summed E-state index contributed by atoms with van der Waals surface area (Å²) >= 11 is 0. The lowest BCUT2D eigenvalue weighted by Crippen LogP contribution is -2.56. The molecule has 0 aromatic carbocycles. The van der Waals surface area contributed by atoms with Crippen molar-refractivity contribution in [1.82, 2.24) is 4.90 Å². The minimum absolute atomic E-state index is 0.199. The Morgan fingerprint density at radius 1 is 0.941 bits per heavy atom. The van der Waals surface area contributed by atoms with Gasteiger partial charge in [-0.1, -0.05) is 52.9 Å². The Morgan fingerprint density at radius 3 is 1.88 bits per heavy atom. The highest BCUT2D eigenvalue weighted by atomic mass is 15.2. The molecule has 2 nitrogen and oxygen atoms in total. The van der Waals surface area contributed by atoms with E-state index in [-0.39, 0.29) is 5.54 Å². The van der Waals surface area contributed by atoms with Gasteiger partial charge in [0, 0.05) is 11.6 Å². The summed E-state index contributed by atoms with van der Waals surface area (Å²) in [5.74, 6) is 0. The fraction of sp³-hybridized carbons (Fsp3) is 1.00. The van der Waals surface area contributed by atoms with Crippen LogP contribution >= 0.6 is 0 Å². The lowest BCUT2D eigenvalue weighted by atomic mass is 9.81. The molecule has 0 bridgehead atoms. The first-order chi connectivity index (χ1) is 8.05. The average Bonchev–Trinajstić information content (AvgIpc) is 2.30. The van der Waals surface area contributed by atoms with Gasteiger partial charge in [-0.05, 0) is 33.4 Å². The zero-order valence-corrected chi connectivity index (χ0v) is 12.8. The minimum atomic E-state index is 0.199. The molecule has 0 fully saturated rings. The molecule has 0 aliphatic heterocycles. The summed E-state index contributed by atoms with van der Waals surface area (Å²) < 4.78 is 0. The maximum Gasteiger partial charge on any atom is 0.0349 e. The van der Waals surface area contributed by atoms with E-state index < -0.39 is 0 Å². The molecule has 0 aliphatic rings. The fourth-order valence-electron chi connectivity index (χ4n) is 2.97.